The molecule has 0 aromatic heterocycles. The van der Waals surface area contributed by atoms with E-state index >= 15 is 0 Å². The number of aromatic carboxylic acids is 1. The van der Waals surface area contributed by atoms with Crippen molar-refractivity contribution in [2.75, 3.05) is 0 Å². The summed E-state index contributed by atoms with van der Waals surface area (Å²) in [5, 5.41) is 9.07. The van der Waals surface area contributed by atoms with E-state index in [2.05, 4.69) is 58.9 Å². The lowest BCUT2D eigenvalue weighted by atomic mass is 9.63. The zero-order chi connectivity index (χ0) is 19.8. The molecule has 2 aromatic carbocycles. The highest BCUT2D eigenvalue weighted by Gasteiger charge is 2.36. The van der Waals surface area contributed by atoms with Crippen molar-refractivity contribution in [2.24, 2.45) is 0 Å². The Hall–Kier alpha value is -2.35. The van der Waals surface area contributed by atoms with E-state index in [0.29, 0.717) is 5.56 Å². The van der Waals surface area contributed by atoms with Crippen LogP contribution in [-0.4, -0.2) is 11.1 Å². The Labute approximate surface area is 162 Å². The molecule has 3 rings (SSSR count). The van der Waals surface area contributed by atoms with Crippen LogP contribution in [-0.2, 0) is 10.8 Å². The summed E-state index contributed by atoms with van der Waals surface area (Å²) in [5.41, 5.74) is 7.27. The number of fused-ring (bicyclic) bond motifs is 1. The number of carboxylic acid groups (broad SMARTS) is 1. The molecule has 2 nitrogen and oxygen atoms in total. The molecular weight excluding hydrogens is 332 g/mol. The molecule has 1 aliphatic rings. The maximum absolute atomic E-state index is 11.0. The number of hydrogen-bond acceptors (Lipinski definition) is 1. The Morgan fingerprint density at radius 1 is 0.926 bits per heavy atom. The standard InChI is InChI=1S/C25H30O2/c1-6-18(15-17-7-9-19(10-8-17)23(26)27)20-11-12-21-22(16-20)25(4,5)14-13-24(21,2)3/h7-12,15-16H,6,13-14H2,1-5H3,(H,26,27)/b18-15+. The summed E-state index contributed by atoms with van der Waals surface area (Å²) in [5.74, 6) is -0.888. The van der Waals surface area contributed by atoms with Crippen molar-refractivity contribution < 1.29 is 9.90 Å². The fourth-order valence-corrected chi connectivity index (χ4v) is 4.10. The van der Waals surface area contributed by atoms with Crippen LogP contribution in [0, 0.1) is 0 Å². The number of allylic oxidation sites excluding steroid dienone is 1. The van der Waals surface area contributed by atoms with Crippen molar-refractivity contribution in [2.45, 2.75) is 64.7 Å². The van der Waals surface area contributed by atoms with Gasteiger partial charge >= 0.3 is 5.97 Å². The van der Waals surface area contributed by atoms with E-state index in [1.165, 1.54) is 35.1 Å². The molecule has 27 heavy (non-hydrogen) atoms. The maximum atomic E-state index is 11.0. The summed E-state index contributed by atoms with van der Waals surface area (Å²) in [6.07, 6.45) is 5.54. The summed E-state index contributed by atoms with van der Waals surface area (Å²) < 4.78 is 0. The Morgan fingerprint density at radius 2 is 1.48 bits per heavy atom. The van der Waals surface area contributed by atoms with Crippen LogP contribution in [0.1, 0.15) is 86.5 Å². The van der Waals surface area contributed by atoms with Gasteiger partial charge in [-0.25, -0.2) is 4.79 Å². The second kappa shape index (κ2) is 6.99. The molecule has 0 atom stereocenters. The Kier molecular flexibility index (Phi) is 5.03. The first-order valence-electron chi connectivity index (χ1n) is 9.83. The Bertz CT molecular complexity index is 883. The predicted octanol–water partition coefficient (Wildman–Crippen LogP) is 6.68. The van der Waals surface area contributed by atoms with E-state index in [9.17, 15) is 4.79 Å². The SMILES string of the molecule is CC/C(=C\c1ccc(C(=O)O)cc1)c1ccc2c(c1)C(C)(C)CCC2(C)C. The molecule has 0 spiro atoms. The molecule has 2 heteroatoms. The molecule has 2 aromatic rings. The van der Waals surface area contributed by atoms with Crippen molar-refractivity contribution >= 4 is 17.6 Å². The summed E-state index contributed by atoms with van der Waals surface area (Å²) in [6, 6.07) is 14.1. The average molecular weight is 363 g/mol. The molecule has 0 saturated carbocycles. The quantitative estimate of drug-likeness (QED) is 0.616. The number of carbonyl (C=O) groups is 1. The van der Waals surface area contributed by atoms with Crippen LogP contribution in [0.5, 0.6) is 0 Å². The van der Waals surface area contributed by atoms with Gasteiger partial charge in [-0.1, -0.05) is 71.0 Å². The fourth-order valence-electron chi connectivity index (χ4n) is 4.10. The Balaban J connectivity index is 2.02. The summed E-state index contributed by atoms with van der Waals surface area (Å²) in [7, 11) is 0. The maximum Gasteiger partial charge on any atom is 0.335 e. The fraction of sp³-hybridized carbons (Fsp3) is 0.400. The molecular formula is C25H30O2. The van der Waals surface area contributed by atoms with Crippen molar-refractivity contribution in [3.05, 3.63) is 70.3 Å². The third-order valence-electron chi connectivity index (χ3n) is 6.10. The van der Waals surface area contributed by atoms with E-state index in [1.54, 1.807) is 12.1 Å². The monoisotopic (exact) mass is 362 g/mol. The second-order valence-electron chi connectivity index (χ2n) is 8.98. The van der Waals surface area contributed by atoms with Crippen LogP contribution in [0.4, 0.5) is 0 Å². The first-order valence-corrected chi connectivity index (χ1v) is 9.83. The molecule has 0 amide bonds. The van der Waals surface area contributed by atoms with E-state index in [4.69, 9.17) is 5.11 Å². The molecule has 0 heterocycles. The van der Waals surface area contributed by atoms with Gasteiger partial charge in [-0.05, 0) is 70.1 Å². The van der Waals surface area contributed by atoms with Gasteiger partial charge in [0, 0.05) is 0 Å². The third kappa shape index (κ3) is 3.85. The summed E-state index contributed by atoms with van der Waals surface area (Å²) >= 11 is 0. The van der Waals surface area contributed by atoms with Crippen molar-refractivity contribution in [3.63, 3.8) is 0 Å². The van der Waals surface area contributed by atoms with Gasteiger partial charge in [0.2, 0.25) is 0 Å². The van der Waals surface area contributed by atoms with Crippen LogP contribution in [0.2, 0.25) is 0 Å². The highest BCUT2D eigenvalue weighted by molar-refractivity contribution is 5.88. The zero-order valence-electron chi connectivity index (χ0n) is 17.1. The largest absolute Gasteiger partial charge is 0.478 e. The van der Waals surface area contributed by atoms with Crippen LogP contribution in [0.3, 0.4) is 0 Å². The lowest BCUT2D eigenvalue weighted by Crippen LogP contribution is -2.33. The molecule has 0 saturated heterocycles. The number of carboxylic acids is 1. The van der Waals surface area contributed by atoms with Gasteiger partial charge in [0.25, 0.3) is 0 Å². The molecule has 1 N–H and O–H groups in total. The second-order valence-corrected chi connectivity index (χ2v) is 8.98. The van der Waals surface area contributed by atoms with Gasteiger partial charge in [0.1, 0.15) is 0 Å². The molecule has 0 radical (unpaired) electrons. The van der Waals surface area contributed by atoms with Gasteiger partial charge < -0.3 is 5.11 Å². The number of benzene rings is 2. The van der Waals surface area contributed by atoms with Gasteiger partial charge in [-0.3, -0.25) is 0 Å². The smallest absolute Gasteiger partial charge is 0.335 e. The minimum absolute atomic E-state index is 0.197. The average Bonchev–Trinajstić information content (AvgIpc) is 2.64. The molecule has 0 fully saturated rings. The van der Waals surface area contributed by atoms with Crippen LogP contribution >= 0.6 is 0 Å². The first-order chi connectivity index (χ1) is 12.6. The number of hydrogen-bond donors (Lipinski definition) is 1. The molecule has 0 unspecified atom stereocenters. The first kappa shape index (κ1) is 19.4. The van der Waals surface area contributed by atoms with E-state index in [-0.39, 0.29) is 10.8 Å². The topological polar surface area (TPSA) is 37.3 Å². The van der Waals surface area contributed by atoms with Gasteiger partial charge in [0.05, 0.1) is 5.56 Å². The van der Waals surface area contributed by atoms with Gasteiger partial charge in [-0.2, -0.15) is 0 Å². The minimum atomic E-state index is -0.888. The normalized spacial score (nSPS) is 18.0. The Morgan fingerprint density at radius 3 is 2.04 bits per heavy atom. The lowest BCUT2D eigenvalue weighted by molar-refractivity contribution is 0.0697. The molecule has 1 aliphatic carbocycles. The van der Waals surface area contributed by atoms with Crippen molar-refractivity contribution in [3.8, 4) is 0 Å². The van der Waals surface area contributed by atoms with Crippen LogP contribution in [0.25, 0.3) is 11.6 Å². The van der Waals surface area contributed by atoms with E-state index in [0.717, 1.165) is 12.0 Å². The summed E-state index contributed by atoms with van der Waals surface area (Å²) in [4.78, 5) is 11.0. The van der Waals surface area contributed by atoms with E-state index in [1.807, 2.05) is 12.1 Å². The molecule has 142 valence electrons. The molecule has 0 aliphatic heterocycles. The predicted molar refractivity (Wildman–Crippen MR) is 113 cm³/mol. The molecule has 0 bridgehead atoms. The van der Waals surface area contributed by atoms with E-state index < -0.39 is 5.97 Å². The number of rotatable bonds is 4. The highest BCUT2D eigenvalue weighted by atomic mass is 16.4. The van der Waals surface area contributed by atoms with Crippen LogP contribution in [0.15, 0.2) is 42.5 Å². The third-order valence-corrected chi connectivity index (χ3v) is 6.10. The highest BCUT2D eigenvalue weighted by Crippen LogP contribution is 2.46. The van der Waals surface area contributed by atoms with Crippen molar-refractivity contribution in [1.82, 2.24) is 0 Å². The zero-order valence-corrected chi connectivity index (χ0v) is 17.1. The van der Waals surface area contributed by atoms with Gasteiger partial charge in [0.15, 0.2) is 0 Å². The minimum Gasteiger partial charge on any atom is -0.478 e. The van der Waals surface area contributed by atoms with Crippen LogP contribution < -0.4 is 0 Å². The van der Waals surface area contributed by atoms with Crippen molar-refractivity contribution in [1.29, 1.82) is 0 Å². The lowest BCUT2D eigenvalue weighted by Gasteiger charge is -2.42. The summed E-state index contributed by atoms with van der Waals surface area (Å²) in [6.45, 7) is 11.6. The van der Waals surface area contributed by atoms with Gasteiger partial charge in [-0.15, -0.1) is 0 Å².